The van der Waals surface area contributed by atoms with Gasteiger partial charge in [-0.3, -0.25) is 0 Å². The van der Waals surface area contributed by atoms with E-state index in [1.165, 1.54) is 53.5 Å². The minimum Gasteiger partial charge on any atom is -0.120 e. The van der Waals surface area contributed by atoms with Gasteiger partial charge in [-0.2, -0.15) is 0 Å². The van der Waals surface area contributed by atoms with Gasteiger partial charge in [0, 0.05) is 11.1 Å². The Hall–Kier alpha value is -4.87. The van der Waals surface area contributed by atoms with E-state index in [0.29, 0.717) is 22.2 Å². The van der Waals surface area contributed by atoms with Crippen LogP contribution in [0.15, 0.2) is 133 Å². The highest BCUT2D eigenvalue weighted by Gasteiger charge is 2.41. The highest BCUT2D eigenvalue weighted by atomic mass is 28.3. The minimum absolute atomic E-state index is 0.459. The molecule has 0 aliphatic carbocycles. The Morgan fingerprint density at radius 1 is 0.346 bits per heavy atom. The first kappa shape index (κ1) is 35.5. The molecule has 2 heteroatoms. The fraction of sp³-hybridized carbons (Fsp3) is 0.240. The second-order valence-electron chi connectivity index (χ2n) is 15.8. The maximum absolute atomic E-state index is 4.11. The second-order valence-corrected chi connectivity index (χ2v) is 25.6. The molecule has 0 saturated carbocycles. The maximum Gasteiger partial charge on any atom is 0.174 e. The number of fused-ring (bicyclic) bond motifs is 4. The predicted molar refractivity (Wildman–Crippen MR) is 234 cm³/mol. The third kappa shape index (κ3) is 5.99. The minimum atomic E-state index is -2.27. The van der Waals surface area contributed by atoms with Gasteiger partial charge in [0.15, 0.2) is 16.1 Å². The molecular weight excluding hydrogens is 657 g/mol. The van der Waals surface area contributed by atoms with Crippen molar-refractivity contribution in [2.75, 3.05) is 0 Å². The smallest absolute Gasteiger partial charge is 0.120 e. The van der Waals surface area contributed by atoms with Crippen LogP contribution < -0.4 is 10.4 Å². The van der Waals surface area contributed by atoms with Gasteiger partial charge in [0.1, 0.15) is 0 Å². The fourth-order valence-corrected chi connectivity index (χ4v) is 18.0. The predicted octanol–water partition coefficient (Wildman–Crippen LogP) is 12.4. The summed E-state index contributed by atoms with van der Waals surface area (Å²) in [5.74, 6) is 7.94. The summed E-state index contributed by atoms with van der Waals surface area (Å²) in [4.78, 5) is 0. The summed E-state index contributed by atoms with van der Waals surface area (Å²) in [6, 6.07) is 49.4. The van der Waals surface area contributed by atoms with Crippen molar-refractivity contribution in [3.8, 4) is 22.9 Å². The molecule has 0 spiro atoms. The van der Waals surface area contributed by atoms with Crippen LogP contribution in [0.4, 0.5) is 0 Å². The highest BCUT2D eigenvalue weighted by Crippen LogP contribution is 2.38. The third-order valence-electron chi connectivity index (χ3n) is 11.8. The van der Waals surface area contributed by atoms with Crippen LogP contribution in [0.2, 0.25) is 22.2 Å². The first-order valence-electron chi connectivity index (χ1n) is 19.1. The van der Waals surface area contributed by atoms with Gasteiger partial charge in [-0.25, -0.2) is 0 Å². The number of benzene rings is 7. The Bertz CT molecular complexity index is 2340. The van der Waals surface area contributed by atoms with E-state index in [1.807, 2.05) is 0 Å². The van der Waals surface area contributed by atoms with Gasteiger partial charge in [0.05, 0.1) is 0 Å². The lowest BCUT2D eigenvalue weighted by molar-refractivity contribution is 0.931. The van der Waals surface area contributed by atoms with Gasteiger partial charge in [0.2, 0.25) is 0 Å². The average Bonchev–Trinajstić information content (AvgIpc) is 3.14. The van der Waals surface area contributed by atoms with Crippen LogP contribution in [0.25, 0.3) is 43.1 Å². The van der Waals surface area contributed by atoms with Crippen LogP contribution in [-0.4, -0.2) is 16.1 Å². The van der Waals surface area contributed by atoms with Crippen molar-refractivity contribution in [2.45, 2.75) is 77.6 Å². The van der Waals surface area contributed by atoms with Gasteiger partial charge in [-0.1, -0.05) is 176 Å². The van der Waals surface area contributed by atoms with Gasteiger partial charge < -0.3 is 0 Å². The zero-order chi connectivity index (χ0) is 36.6. The lowest BCUT2D eigenvalue weighted by Gasteiger charge is -2.35. The highest BCUT2D eigenvalue weighted by molar-refractivity contribution is 7.01. The molecule has 0 radical (unpaired) electrons. The molecule has 0 aliphatic heterocycles. The summed E-state index contributed by atoms with van der Waals surface area (Å²) >= 11 is 0. The first-order valence-corrected chi connectivity index (χ1v) is 23.4. The topological polar surface area (TPSA) is 0 Å². The molecule has 0 unspecified atom stereocenters. The quantitative estimate of drug-likeness (QED) is 0.0917. The number of hydrogen-bond donors (Lipinski definition) is 0. The molecule has 7 aromatic rings. The molecule has 0 nitrogen and oxygen atoms in total. The van der Waals surface area contributed by atoms with E-state index in [2.05, 4.69) is 212 Å². The second kappa shape index (κ2) is 14.3. The molecule has 0 aromatic heterocycles. The van der Waals surface area contributed by atoms with Crippen molar-refractivity contribution in [1.29, 1.82) is 0 Å². The molecule has 0 aliphatic rings. The molecule has 0 fully saturated rings. The molecular formula is C50H50Si2. The molecule has 258 valence electrons. The Morgan fingerprint density at radius 2 is 0.673 bits per heavy atom. The zero-order valence-corrected chi connectivity index (χ0v) is 34.0. The average molecular weight is 707 g/mol. The van der Waals surface area contributed by atoms with E-state index in [0.717, 1.165) is 11.1 Å². The maximum atomic E-state index is 4.11. The molecule has 7 rings (SSSR count). The first-order chi connectivity index (χ1) is 25.1. The largest absolute Gasteiger partial charge is 0.174 e. The van der Waals surface area contributed by atoms with Crippen molar-refractivity contribution >= 4 is 69.6 Å². The standard InChI is InChI=1S/C50H50Si2/c1-35(2)51(36(3)4,43-21-11-9-12-22-43)29-27-47-45-25-17-18-26-46(45)48(28-30-52(37(5)6,38(7)8)44-23-13-10-14-24-44)50-34-42-32-40-20-16-15-19-39(40)31-41(42)33-49(47)50/h9-26,31-38H,1-8H3. The van der Waals surface area contributed by atoms with Crippen LogP contribution in [0.5, 0.6) is 0 Å². The summed E-state index contributed by atoms with van der Waals surface area (Å²) in [5.41, 5.74) is 12.3. The van der Waals surface area contributed by atoms with E-state index in [-0.39, 0.29) is 0 Å². The van der Waals surface area contributed by atoms with Crippen LogP contribution >= 0.6 is 0 Å². The van der Waals surface area contributed by atoms with Gasteiger partial charge in [-0.15, -0.1) is 11.1 Å². The Morgan fingerprint density at radius 3 is 1.02 bits per heavy atom. The van der Waals surface area contributed by atoms with Crippen molar-refractivity contribution in [2.24, 2.45) is 0 Å². The molecule has 0 amide bonds. The normalized spacial score (nSPS) is 12.2. The Balaban J connectivity index is 1.61. The van der Waals surface area contributed by atoms with Crippen LogP contribution in [0.3, 0.4) is 0 Å². The summed E-state index contributed by atoms with van der Waals surface area (Å²) in [6.07, 6.45) is 0. The van der Waals surface area contributed by atoms with Crippen molar-refractivity contribution in [3.05, 3.63) is 145 Å². The monoisotopic (exact) mass is 706 g/mol. The van der Waals surface area contributed by atoms with E-state index in [1.54, 1.807) is 0 Å². The van der Waals surface area contributed by atoms with Crippen LogP contribution in [-0.2, 0) is 0 Å². The molecule has 7 aromatic carbocycles. The molecule has 0 atom stereocenters. The zero-order valence-electron chi connectivity index (χ0n) is 32.0. The van der Waals surface area contributed by atoms with Crippen LogP contribution in [0, 0.1) is 22.9 Å². The lowest BCUT2D eigenvalue weighted by Crippen LogP contribution is -2.52. The van der Waals surface area contributed by atoms with E-state index < -0.39 is 16.1 Å². The Kier molecular flexibility index (Phi) is 9.76. The van der Waals surface area contributed by atoms with Gasteiger partial charge >= 0.3 is 0 Å². The summed E-state index contributed by atoms with van der Waals surface area (Å²) in [6.45, 7) is 19.1. The lowest BCUT2D eigenvalue weighted by atomic mass is 9.90. The molecule has 0 heterocycles. The SMILES string of the molecule is CC(C)[Si](C#Cc1c2ccccc2c(C#C[Si](c2ccccc2)(C(C)C)C(C)C)c2cc3cc4ccccc4cc3cc12)(c1ccccc1)C(C)C. The van der Waals surface area contributed by atoms with E-state index in [9.17, 15) is 0 Å². The summed E-state index contributed by atoms with van der Waals surface area (Å²) < 4.78 is 0. The van der Waals surface area contributed by atoms with Crippen molar-refractivity contribution < 1.29 is 0 Å². The molecule has 0 N–H and O–H groups in total. The molecule has 52 heavy (non-hydrogen) atoms. The number of rotatable bonds is 6. The molecule has 0 bridgehead atoms. The van der Waals surface area contributed by atoms with Gasteiger partial charge in [0.25, 0.3) is 0 Å². The van der Waals surface area contributed by atoms with E-state index in [4.69, 9.17) is 0 Å². The number of hydrogen-bond acceptors (Lipinski definition) is 0. The molecule has 0 saturated heterocycles. The Labute approximate surface area is 313 Å². The third-order valence-corrected chi connectivity index (χ3v) is 22.7. The van der Waals surface area contributed by atoms with Gasteiger partial charge in [-0.05, 0) is 99.9 Å². The van der Waals surface area contributed by atoms with E-state index >= 15 is 0 Å². The van der Waals surface area contributed by atoms with Crippen molar-refractivity contribution in [1.82, 2.24) is 0 Å². The van der Waals surface area contributed by atoms with Crippen molar-refractivity contribution in [3.63, 3.8) is 0 Å². The summed E-state index contributed by atoms with van der Waals surface area (Å²) in [7, 11) is -4.55. The fourth-order valence-electron chi connectivity index (χ4n) is 9.03. The summed E-state index contributed by atoms with van der Waals surface area (Å²) in [5, 5.41) is 12.6. The van der Waals surface area contributed by atoms with Crippen LogP contribution in [0.1, 0.15) is 66.5 Å².